The molecule has 1 aliphatic heterocycles. The van der Waals surface area contributed by atoms with Gasteiger partial charge in [0, 0.05) is 0 Å². The van der Waals surface area contributed by atoms with Crippen molar-refractivity contribution in [3.05, 3.63) is 58.9 Å². The van der Waals surface area contributed by atoms with Crippen molar-refractivity contribution >= 4 is 36.2 Å². The fraction of sp³-hybridized carbons (Fsp3) is 0.462. The minimum absolute atomic E-state index is 0.0361. The first kappa shape index (κ1) is 28.8. The molecule has 2 aromatic carbocycles. The summed E-state index contributed by atoms with van der Waals surface area (Å²) in [7, 11) is -6.69. The molecular formula is C26H34FN3O7SSi. The fourth-order valence-corrected chi connectivity index (χ4v) is 7.04. The highest BCUT2D eigenvalue weighted by Gasteiger charge is 2.44. The van der Waals surface area contributed by atoms with E-state index in [-0.39, 0.29) is 41.5 Å². The lowest BCUT2D eigenvalue weighted by Crippen LogP contribution is -2.54. The third-order valence-corrected chi connectivity index (χ3v) is 13.4. The lowest BCUT2D eigenvalue weighted by molar-refractivity contribution is -0.117. The molecule has 1 aliphatic carbocycles. The van der Waals surface area contributed by atoms with Crippen molar-refractivity contribution in [1.29, 1.82) is 0 Å². The fourth-order valence-electron chi connectivity index (χ4n) is 4.52. The molecular weight excluding hydrogens is 545 g/mol. The monoisotopic (exact) mass is 579 g/mol. The van der Waals surface area contributed by atoms with Crippen LogP contribution in [0.1, 0.15) is 37.5 Å². The van der Waals surface area contributed by atoms with Gasteiger partial charge in [0.2, 0.25) is 0 Å². The van der Waals surface area contributed by atoms with Gasteiger partial charge in [-0.05, 0) is 53.7 Å². The van der Waals surface area contributed by atoms with Crippen LogP contribution >= 0.6 is 0 Å². The summed E-state index contributed by atoms with van der Waals surface area (Å²) >= 11 is 0. The third-order valence-electron chi connectivity index (χ3n) is 7.56. The van der Waals surface area contributed by atoms with E-state index in [1.165, 1.54) is 0 Å². The number of carboxylic acid groups (broad SMARTS) is 1. The van der Waals surface area contributed by atoms with E-state index in [9.17, 15) is 23.1 Å². The largest absolute Gasteiger partial charge is 0.487 e. The van der Waals surface area contributed by atoms with Crippen molar-refractivity contribution in [3.8, 4) is 5.75 Å². The van der Waals surface area contributed by atoms with E-state index in [0.29, 0.717) is 9.87 Å². The highest BCUT2D eigenvalue weighted by atomic mass is 32.2. The zero-order chi connectivity index (χ0) is 28.8. The molecule has 0 aromatic heterocycles. The van der Waals surface area contributed by atoms with Crippen LogP contribution in [0.4, 0.5) is 14.9 Å². The Morgan fingerprint density at radius 1 is 1.23 bits per heavy atom. The maximum Gasteiger partial charge on any atom is 0.404 e. The van der Waals surface area contributed by atoms with E-state index < -0.39 is 55.0 Å². The van der Waals surface area contributed by atoms with Gasteiger partial charge in [0.1, 0.15) is 24.6 Å². The van der Waals surface area contributed by atoms with E-state index in [4.69, 9.17) is 9.16 Å². The van der Waals surface area contributed by atoms with Crippen molar-refractivity contribution in [1.82, 2.24) is 10.0 Å². The van der Waals surface area contributed by atoms with Gasteiger partial charge in [0.15, 0.2) is 14.1 Å². The number of nitrogens with zero attached hydrogens (tertiary/aromatic N) is 1. The quantitative estimate of drug-likeness (QED) is 0.426. The van der Waals surface area contributed by atoms with Crippen molar-refractivity contribution in [3.63, 3.8) is 0 Å². The van der Waals surface area contributed by atoms with Crippen LogP contribution in [0.5, 0.6) is 5.75 Å². The van der Waals surface area contributed by atoms with E-state index in [0.717, 1.165) is 5.56 Å². The molecule has 0 bridgehead atoms. The molecule has 1 heterocycles. The second kappa shape index (κ2) is 10.4. The number of anilines is 1. The third kappa shape index (κ3) is 6.04. The molecule has 2 amide bonds. The maximum absolute atomic E-state index is 16.3. The van der Waals surface area contributed by atoms with Gasteiger partial charge in [0.25, 0.3) is 5.91 Å². The molecule has 2 aliphatic rings. The first-order chi connectivity index (χ1) is 18.1. The van der Waals surface area contributed by atoms with Crippen LogP contribution in [-0.2, 0) is 38.9 Å². The summed E-state index contributed by atoms with van der Waals surface area (Å²) in [5.41, 5.74) is 1.08. The van der Waals surface area contributed by atoms with E-state index in [1.54, 1.807) is 6.07 Å². The Morgan fingerprint density at radius 3 is 2.46 bits per heavy atom. The maximum atomic E-state index is 16.3. The van der Waals surface area contributed by atoms with Gasteiger partial charge in [0.05, 0.1) is 12.1 Å². The molecule has 0 radical (unpaired) electrons. The van der Waals surface area contributed by atoms with Crippen LogP contribution in [0.25, 0.3) is 0 Å². The summed E-state index contributed by atoms with van der Waals surface area (Å²) < 4.78 is 56.8. The number of carbonyl (C=O) groups excluding carboxylic acids is 1. The van der Waals surface area contributed by atoms with Crippen molar-refractivity contribution in [2.24, 2.45) is 0 Å². The van der Waals surface area contributed by atoms with Crippen molar-refractivity contribution in [2.45, 2.75) is 70.5 Å². The zero-order valence-corrected chi connectivity index (χ0v) is 24.4. The van der Waals surface area contributed by atoms with Crippen LogP contribution in [-0.4, -0.2) is 52.5 Å². The van der Waals surface area contributed by atoms with Crippen LogP contribution in [0.3, 0.4) is 0 Å². The Balaban J connectivity index is 1.80. The lowest BCUT2D eigenvalue weighted by Gasteiger charge is -2.43. The van der Waals surface area contributed by atoms with Gasteiger partial charge >= 0.3 is 16.3 Å². The molecule has 3 N–H and O–H groups in total. The number of nitrogens with one attached hydrogen (secondary N) is 2. The zero-order valence-electron chi connectivity index (χ0n) is 22.6. The Labute approximate surface area is 228 Å². The number of hydrogen-bond donors (Lipinski definition) is 3. The number of rotatable bonds is 7. The molecule has 1 fully saturated rings. The Kier molecular flexibility index (Phi) is 7.71. The number of halogens is 1. The van der Waals surface area contributed by atoms with Gasteiger partial charge < -0.3 is 19.6 Å². The molecule has 0 spiro atoms. The predicted molar refractivity (Wildman–Crippen MR) is 146 cm³/mol. The van der Waals surface area contributed by atoms with Crippen molar-refractivity contribution in [2.75, 3.05) is 10.8 Å². The summed E-state index contributed by atoms with van der Waals surface area (Å²) in [6, 6.07) is 9.92. The molecule has 0 unspecified atom stereocenters. The second-order valence-electron chi connectivity index (χ2n) is 11.4. The average molecular weight is 580 g/mol. The van der Waals surface area contributed by atoms with Gasteiger partial charge in [-0.3, -0.25) is 4.79 Å². The number of ether oxygens (including phenoxy) is 1. The SMILES string of the molecule is CC(C)(C)[Si](C)(C)O[C@H]1Cc2cc(OCc3ccccc3)c(N3CC(=O)NS3(=O)=O)c(F)c2C[C@@H]1NC(=O)O. The van der Waals surface area contributed by atoms with Crippen LogP contribution in [0, 0.1) is 5.82 Å². The Morgan fingerprint density at radius 2 is 1.90 bits per heavy atom. The summed E-state index contributed by atoms with van der Waals surface area (Å²) in [6.45, 7) is 9.76. The summed E-state index contributed by atoms with van der Waals surface area (Å²) in [5.74, 6) is -1.71. The molecule has 13 heteroatoms. The van der Waals surface area contributed by atoms with Gasteiger partial charge in [-0.25, -0.2) is 18.2 Å². The summed E-state index contributed by atoms with van der Waals surface area (Å²) in [6.07, 6.45) is -1.71. The number of hydrogen-bond acceptors (Lipinski definition) is 6. The summed E-state index contributed by atoms with van der Waals surface area (Å²) in [4.78, 5) is 23.6. The molecule has 4 rings (SSSR count). The van der Waals surface area contributed by atoms with E-state index in [1.807, 2.05) is 35.1 Å². The summed E-state index contributed by atoms with van der Waals surface area (Å²) in [5, 5.41) is 11.8. The number of carbonyl (C=O) groups is 2. The first-order valence-corrected chi connectivity index (χ1v) is 17.0. The lowest BCUT2D eigenvalue weighted by atomic mass is 9.85. The normalized spacial score (nSPS) is 20.8. The van der Waals surface area contributed by atoms with Crippen molar-refractivity contribution < 1.29 is 36.7 Å². The highest BCUT2D eigenvalue weighted by Crippen LogP contribution is 2.43. The molecule has 39 heavy (non-hydrogen) atoms. The van der Waals surface area contributed by atoms with Gasteiger partial charge in [-0.1, -0.05) is 51.1 Å². The Bertz CT molecular complexity index is 1380. The molecule has 10 nitrogen and oxygen atoms in total. The molecule has 0 saturated carbocycles. The second-order valence-corrected chi connectivity index (χ2v) is 17.7. The van der Waals surface area contributed by atoms with Gasteiger partial charge in [-0.2, -0.15) is 8.42 Å². The van der Waals surface area contributed by atoms with Crippen LogP contribution < -0.4 is 19.1 Å². The minimum atomic E-state index is -4.34. The van der Waals surface area contributed by atoms with Crippen LogP contribution in [0.2, 0.25) is 18.1 Å². The molecule has 1 saturated heterocycles. The topological polar surface area (TPSA) is 134 Å². The minimum Gasteiger partial charge on any atom is -0.487 e. The highest BCUT2D eigenvalue weighted by molar-refractivity contribution is 7.92. The number of fused-ring (bicyclic) bond motifs is 1. The van der Waals surface area contributed by atoms with Gasteiger partial charge in [-0.15, -0.1) is 0 Å². The number of benzene rings is 2. The number of amides is 2. The smallest absolute Gasteiger partial charge is 0.404 e. The molecule has 2 aromatic rings. The Hall–Kier alpha value is -3.16. The van der Waals surface area contributed by atoms with E-state index in [2.05, 4.69) is 39.2 Å². The standard InChI is InChI=1S/C26H34FN3O7SSi/c1-26(2,3)39(4,5)37-20-11-17-12-21(36-15-16-9-7-6-8-10-16)24(30-14-22(31)29-38(30,34)35)23(27)18(17)13-19(20)28-25(32)33/h6-10,12,19-20,28H,11,13-15H2,1-5H3,(H,29,31)(H,32,33)/t19-,20-/m0/s1. The first-order valence-electron chi connectivity index (χ1n) is 12.6. The van der Waals surface area contributed by atoms with E-state index >= 15 is 4.39 Å². The molecule has 212 valence electrons. The predicted octanol–water partition coefficient (Wildman–Crippen LogP) is 3.71. The van der Waals surface area contributed by atoms with Crippen LogP contribution in [0.15, 0.2) is 36.4 Å². The average Bonchev–Trinajstić information content (AvgIpc) is 3.09. The molecule has 2 atom stereocenters.